The van der Waals surface area contributed by atoms with Gasteiger partial charge >= 0.3 is 6.18 Å². The number of carbonyl (C=O) groups excluding carboxylic acids is 1. The molecule has 0 aliphatic carbocycles. The zero-order valence-corrected chi connectivity index (χ0v) is 15.0. The van der Waals surface area contributed by atoms with E-state index in [1.165, 1.54) is 0 Å². The topological polar surface area (TPSA) is 72.2 Å². The summed E-state index contributed by atoms with van der Waals surface area (Å²) in [5.74, 6) is -0.586. The molecule has 1 N–H and O–H groups in total. The first-order chi connectivity index (χ1) is 12.2. The number of rotatable bonds is 6. The van der Waals surface area contributed by atoms with Crippen molar-refractivity contribution in [3.8, 4) is 0 Å². The van der Waals surface area contributed by atoms with E-state index in [0.29, 0.717) is 11.8 Å². The minimum Gasteiger partial charge on any atom is -0.325 e. The van der Waals surface area contributed by atoms with Crippen LogP contribution >= 0.6 is 23.5 Å². The lowest BCUT2D eigenvalue weighted by Crippen LogP contribution is -2.14. The van der Waals surface area contributed by atoms with Gasteiger partial charge in [0, 0.05) is 16.6 Å². The summed E-state index contributed by atoms with van der Waals surface area (Å²) >= 11 is 2.35. The number of nitro groups is 1. The van der Waals surface area contributed by atoms with Gasteiger partial charge < -0.3 is 5.32 Å². The Hall–Kier alpha value is -2.20. The Labute approximate surface area is 155 Å². The van der Waals surface area contributed by atoms with E-state index < -0.39 is 28.3 Å². The van der Waals surface area contributed by atoms with Gasteiger partial charge in [0.1, 0.15) is 0 Å². The Morgan fingerprint density at radius 2 is 1.85 bits per heavy atom. The molecule has 2 aromatic rings. The van der Waals surface area contributed by atoms with Crippen molar-refractivity contribution in [3.63, 3.8) is 0 Å². The summed E-state index contributed by atoms with van der Waals surface area (Å²) in [6, 6.07) is 9.33. The van der Waals surface area contributed by atoms with Gasteiger partial charge in [-0.1, -0.05) is 0 Å². The molecule has 0 saturated heterocycles. The number of carbonyl (C=O) groups is 1. The number of nitrogens with zero attached hydrogens (tertiary/aromatic N) is 1. The molecule has 0 aliphatic rings. The van der Waals surface area contributed by atoms with Crippen LogP contribution in [0.1, 0.15) is 5.56 Å². The number of nitro benzene ring substituents is 1. The molecule has 0 aliphatic heterocycles. The van der Waals surface area contributed by atoms with Gasteiger partial charge in [0.15, 0.2) is 0 Å². The first-order valence-corrected chi connectivity index (χ1v) is 9.34. The monoisotopic (exact) mass is 402 g/mol. The Morgan fingerprint density at radius 1 is 1.19 bits per heavy atom. The highest BCUT2D eigenvalue weighted by molar-refractivity contribution is 8.00. The Morgan fingerprint density at radius 3 is 2.38 bits per heavy atom. The Bertz CT molecular complexity index is 811. The third-order valence-electron chi connectivity index (χ3n) is 3.22. The normalized spacial score (nSPS) is 11.2. The molecule has 0 fully saturated rings. The fourth-order valence-electron chi connectivity index (χ4n) is 1.97. The number of alkyl halides is 3. The SMILES string of the molecule is CSc1ccc(NC(=O)CSc2ccc(C(F)(F)F)cc2[N+](=O)[O-])cc1. The highest BCUT2D eigenvalue weighted by Crippen LogP contribution is 2.36. The second-order valence-corrected chi connectivity index (χ2v) is 6.90. The third kappa shape index (κ3) is 5.40. The zero-order valence-electron chi connectivity index (χ0n) is 13.4. The molecule has 0 atom stereocenters. The molecule has 5 nitrogen and oxygen atoms in total. The number of hydrogen-bond acceptors (Lipinski definition) is 5. The molecular weight excluding hydrogens is 389 g/mol. The van der Waals surface area contributed by atoms with E-state index in [4.69, 9.17) is 0 Å². The quantitative estimate of drug-likeness (QED) is 0.415. The van der Waals surface area contributed by atoms with E-state index in [-0.39, 0.29) is 10.6 Å². The largest absolute Gasteiger partial charge is 0.416 e. The van der Waals surface area contributed by atoms with Gasteiger partial charge in [0.25, 0.3) is 5.69 Å². The van der Waals surface area contributed by atoms with Crippen LogP contribution in [0.5, 0.6) is 0 Å². The van der Waals surface area contributed by atoms with Crippen molar-refractivity contribution in [2.45, 2.75) is 16.0 Å². The molecule has 0 unspecified atom stereocenters. The number of halogens is 3. The minimum atomic E-state index is -4.67. The number of amides is 1. The van der Waals surface area contributed by atoms with Crippen LogP contribution in [0.3, 0.4) is 0 Å². The van der Waals surface area contributed by atoms with Crippen LogP contribution in [-0.2, 0) is 11.0 Å². The second-order valence-electron chi connectivity index (χ2n) is 5.00. The van der Waals surface area contributed by atoms with Crippen molar-refractivity contribution < 1.29 is 22.9 Å². The van der Waals surface area contributed by atoms with Crippen molar-refractivity contribution >= 4 is 40.8 Å². The number of thioether (sulfide) groups is 2. The summed E-state index contributed by atoms with van der Waals surface area (Å²) in [5.41, 5.74) is -1.22. The lowest BCUT2D eigenvalue weighted by molar-refractivity contribution is -0.388. The maximum atomic E-state index is 12.7. The van der Waals surface area contributed by atoms with Crippen LogP contribution in [0.2, 0.25) is 0 Å². The Balaban J connectivity index is 2.05. The summed E-state index contributed by atoms with van der Waals surface area (Å²) in [4.78, 5) is 23.1. The van der Waals surface area contributed by atoms with Crippen molar-refractivity contribution in [2.75, 3.05) is 17.3 Å². The summed E-state index contributed by atoms with van der Waals surface area (Å²) in [6.07, 6.45) is -2.75. The molecule has 2 aromatic carbocycles. The molecule has 0 aromatic heterocycles. The van der Waals surface area contributed by atoms with E-state index in [2.05, 4.69) is 5.32 Å². The smallest absolute Gasteiger partial charge is 0.325 e. The highest BCUT2D eigenvalue weighted by Gasteiger charge is 2.33. The van der Waals surface area contributed by atoms with E-state index in [9.17, 15) is 28.1 Å². The zero-order chi connectivity index (χ0) is 19.3. The third-order valence-corrected chi connectivity index (χ3v) is 5.02. The summed E-state index contributed by atoms with van der Waals surface area (Å²) in [6.45, 7) is 0. The van der Waals surface area contributed by atoms with Crippen LogP contribution in [0.15, 0.2) is 52.3 Å². The first-order valence-electron chi connectivity index (χ1n) is 7.13. The van der Waals surface area contributed by atoms with Crippen molar-refractivity contribution in [3.05, 3.63) is 58.1 Å². The molecule has 2 rings (SSSR count). The van der Waals surface area contributed by atoms with Gasteiger partial charge in [-0.25, -0.2) is 0 Å². The molecule has 138 valence electrons. The molecule has 0 saturated carbocycles. The number of anilines is 1. The molecule has 0 bridgehead atoms. The maximum Gasteiger partial charge on any atom is 0.416 e. The molecular formula is C16H13F3N2O3S2. The predicted molar refractivity (Wildman–Crippen MR) is 95.7 cm³/mol. The van der Waals surface area contributed by atoms with E-state index in [1.54, 1.807) is 23.9 Å². The van der Waals surface area contributed by atoms with Gasteiger partial charge in [-0.2, -0.15) is 13.2 Å². The number of hydrogen-bond donors (Lipinski definition) is 1. The molecule has 26 heavy (non-hydrogen) atoms. The molecule has 1 amide bonds. The lowest BCUT2D eigenvalue weighted by Gasteiger charge is -2.09. The molecule has 0 radical (unpaired) electrons. The van der Waals surface area contributed by atoms with Crippen LogP contribution in [-0.4, -0.2) is 22.8 Å². The average molecular weight is 402 g/mol. The summed E-state index contributed by atoms with van der Waals surface area (Å²) in [7, 11) is 0. The summed E-state index contributed by atoms with van der Waals surface area (Å²) < 4.78 is 38.0. The molecule has 0 heterocycles. The van der Waals surface area contributed by atoms with Gasteiger partial charge in [-0.05, 0) is 42.7 Å². The van der Waals surface area contributed by atoms with Crippen LogP contribution in [0, 0.1) is 10.1 Å². The first kappa shape index (κ1) is 20.1. The van der Waals surface area contributed by atoms with Gasteiger partial charge in [0.05, 0.1) is 21.1 Å². The van der Waals surface area contributed by atoms with Crippen LogP contribution in [0.4, 0.5) is 24.5 Å². The second kappa shape index (κ2) is 8.45. The van der Waals surface area contributed by atoms with Gasteiger partial charge in [-0.15, -0.1) is 23.5 Å². The van der Waals surface area contributed by atoms with Gasteiger partial charge in [-0.3, -0.25) is 14.9 Å². The lowest BCUT2D eigenvalue weighted by atomic mass is 10.2. The molecule has 10 heteroatoms. The number of benzene rings is 2. The Kier molecular flexibility index (Phi) is 6.54. The van der Waals surface area contributed by atoms with E-state index >= 15 is 0 Å². The summed E-state index contributed by atoms with van der Waals surface area (Å²) in [5, 5.41) is 13.6. The fraction of sp³-hybridized carbons (Fsp3) is 0.188. The molecule has 0 spiro atoms. The van der Waals surface area contributed by atoms with Crippen LogP contribution in [0.25, 0.3) is 0 Å². The average Bonchev–Trinajstić information content (AvgIpc) is 2.59. The van der Waals surface area contributed by atoms with Crippen LogP contribution < -0.4 is 5.32 Å². The number of nitrogens with one attached hydrogen (secondary N) is 1. The van der Waals surface area contributed by atoms with E-state index in [0.717, 1.165) is 28.8 Å². The van der Waals surface area contributed by atoms with Crippen molar-refractivity contribution in [1.29, 1.82) is 0 Å². The standard InChI is InChI=1S/C16H13F3N2O3S2/c1-25-12-5-3-11(4-6-12)20-15(22)9-26-14-7-2-10(16(17,18)19)8-13(14)21(23)24/h2-8H,9H2,1H3,(H,20,22). The maximum absolute atomic E-state index is 12.7. The van der Waals surface area contributed by atoms with Gasteiger partial charge in [0.2, 0.25) is 5.91 Å². The van der Waals surface area contributed by atoms with Crippen molar-refractivity contribution in [1.82, 2.24) is 0 Å². The predicted octanol–water partition coefficient (Wildman–Crippen LogP) is 5.07. The highest BCUT2D eigenvalue weighted by atomic mass is 32.2. The van der Waals surface area contributed by atoms with Crippen molar-refractivity contribution in [2.24, 2.45) is 0 Å². The fourth-order valence-corrected chi connectivity index (χ4v) is 3.19. The minimum absolute atomic E-state index is 0.00381. The van der Waals surface area contributed by atoms with E-state index in [1.807, 2.05) is 18.4 Å².